The monoisotopic (exact) mass is 1310 g/mol. The van der Waals surface area contributed by atoms with Gasteiger partial charge in [0.25, 0.3) is 5.69 Å². The number of phenolic OH excluding ortho intramolecular Hbond substituents is 2. The quantitative estimate of drug-likeness (QED) is 0.0186. The maximum absolute atomic E-state index is 11.0. The van der Waals surface area contributed by atoms with Crippen molar-refractivity contribution in [2.75, 3.05) is 98.7 Å². The van der Waals surface area contributed by atoms with Crippen LogP contribution in [-0.4, -0.2) is 197 Å². The fourth-order valence-electron chi connectivity index (χ4n) is 6.77. The number of carbonyl (C=O) groups is 5. The van der Waals surface area contributed by atoms with E-state index < -0.39 is 33.6 Å². The molecule has 1 aromatic heterocycles. The summed E-state index contributed by atoms with van der Waals surface area (Å²) >= 11 is 0. The summed E-state index contributed by atoms with van der Waals surface area (Å²) in [6.45, 7) is 8.99. The van der Waals surface area contributed by atoms with Crippen LogP contribution in [0.15, 0.2) is 115 Å². The standard InChI is InChI=1S/C14H28N4OP.C10H12N2O4.2C10H13NO2.C8H7N3O2.C3H7NO.3CH3NO2/c1-15-12-13-10-8-9-11-14(13)19-20(16(2)3,17(4)5)18(6)7;1-7(13)11(2)6-8-9(12(15)16)4-3-5-10(8)14;1-8(12)13-10-6-4-3-5-9(10)7-11-2;1-8(12)11(2)7-9-5-3-4-6-10(9)13;1-6(12)13-11-8-5-3-2-4-7(8)9-10-11;1-3(5)4-2;3*1-2(3)4/h8-11,15H,12H2,1-7H3;3-5,14H,6H2,1-2H3;3-6,11H,7H2,1-2H3;3-6,13H,7H2,1-2H3;2-5H,1H3;1-2H3,(H,4,5);3*1H3/q+1;;;;;;;;. The first-order valence-corrected chi connectivity index (χ1v) is 28.8. The molecule has 6 aromatic rings. The highest BCUT2D eigenvalue weighted by Gasteiger charge is 2.52. The van der Waals surface area contributed by atoms with E-state index in [4.69, 9.17) is 44.4 Å². The lowest BCUT2D eigenvalue weighted by Gasteiger charge is -2.37. The van der Waals surface area contributed by atoms with E-state index in [-0.39, 0.29) is 53.0 Å². The number of benzene rings is 5. The third-order valence-electron chi connectivity index (χ3n) is 10.8. The van der Waals surface area contributed by atoms with Crippen molar-refractivity contribution in [1.29, 1.82) is 0 Å². The van der Waals surface area contributed by atoms with Gasteiger partial charge < -0.3 is 45.5 Å². The first-order chi connectivity index (χ1) is 42.9. The zero-order valence-corrected chi connectivity index (χ0v) is 56.4. The number of nitro groups is 4. The Hall–Kier alpha value is -9.92. The van der Waals surface area contributed by atoms with Crippen molar-refractivity contribution in [1.82, 2.24) is 54.9 Å². The zero-order valence-electron chi connectivity index (χ0n) is 55.5. The molecule has 0 spiro atoms. The van der Waals surface area contributed by atoms with Crippen LogP contribution < -0.4 is 30.0 Å². The zero-order chi connectivity index (χ0) is 71.4. The highest BCUT2D eigenvalue weighted by atomic mass is 31.2. The van der Waals surface area contributed by atoms with Crippen LogP contribution in [0.25, 0.3) is 11.0 Å². The molecule has 0 bridgehead atoms. The number of carbonyl (C=O) groups excluding carboxylic acids is 5. The number of ether oxygens (including phenoxy) is 1. The normalized spacial score (nSPS) is 9.80. The molecule has 0 aliphatic carbocycles. The minimum atomic E-state index is -2.01. The van der Waals surface area contributed by atoms with E-state index in [0.29, 0.717) is 29.9 Å². The van der Waals surface area contributed by atoms with Crippen molar-refractivity contribution in [2.45, 2.75) is 60.8 Å². The fourth-order valence-corrected chi connectivity index (χ4v) is 9.85. The predicted octanol–water partition coefficient (Wildman–Crippen LogP) is 5.97. The number of para-hydroxylation sites is 4. The van der Waals surface area contributed by atoms with Gasteiger partial charge in [0, 0.05) is 155 Å². The largest absolute Gasteiger partial charge is 0.508 e. The second-order valence-corrected chi connectivity index (χ2v) is 22.7. The number of aromatic nitrogens is 3. The molecule has 33 nitrogen and oxygen atoms in total. The Labute approximate surface area is 535 Å². The summed E-state index contributed by atoms with van der Waals surface area (Å²) in [5, 5.41) is 72.1. The fraction of sp³-hybridized carbons (Fsp3) is 0.397. The Morgan fingerprint density at radius 1 is 0.543 bits per heavy atom. The third-order valence-corrected chi connectivity index (χ3v) is 14.4. The van der Waals surface area contributed by atoms with Crippen molar-refractivity contribution >= 4 is 54.3 Å². The van der Waals surface area contributed by atoms with Crippen LogP contribution in [0.2, 0.25) is 0 Å². The van der Waals surface area contributed by atoms with E-state index in [2.05, 4.69) is 88.6 Å². The Balaban J connectivity index is -0.00000102. The van der Waals surface area contributed by atoms with Crippen LogP contribution in [0.1, 0.15) is 56.9 Å². The van der Waals surface area contributed by atoms with Crippen LogP contribution in [0.5, 0.6) is 23.0 Å². The van der Waals surface area contributed by atoms with Crippen molar-refractivity contribution in [2.24, 2.45) is 0 Å². The maximum Gasteiger partial charge on any atom is 0.416 e. The number of hydrogen-bond acceptors (Lipinski definition) is 25. The molecule has 0 radical (unpaired) electrons. The van der Waals surface area contributed by atoms with Gasteiger partial charge in [-0.25, -0.2) is 4.79 Å². The molecule has 0 saturated heterocycles. The maximum atomic E-state index is 11.0. The van der Waals surface area contributed by atoms with Gasteiger partial charge in [0.1, 0.15) is 28.3 Å². The molecule has 1 heterocycles. The van der Waals surface area contributed by atoms with Crippen molar-refractivity contribution < 1.29 is 68.0 Å². The number of nitrogens with one attached hydrogen (secondary N) is 3. The van der Waals surface area contributed by atoms with Gasteiger partial charge in [-0.05, 0) is 55.7 Å². The summed E-state index contributed by atoms with van der Waals surface area (Å²) in [5.74, 6) is 0.679. The molecule has 5 N–H and O–H groups in total. The summed E-state index contributed by atoms with van der Waals surface area (Å²) in [5.41, 5.74) is 4.25. The number of rotatable bonds is 16. The van der Waals surface area contributed by atoms with Gasteiger partial charge in [-0.15, -0.1) is 19.1 Å². The number of esters is 1. The van der Waals surface area contributed by atoms with E-state index in [1.807, 2.05) is 68.7 Å². The van der Waals surface area contributed by atoms with Gasteiger partial charge in [-0.3, -0.25) is 64.2 Å². The molecule has 0 atom stereocenters. The highest BCUT2D eigenvalue weighted by Crippen LogP contribution is 2.64. The van der Waals surface area contributed by atoms with Gasteiger partial charge in [0.15, 0.2) is 26.9 Å². The summed E-state index contributed by atoms with van der Waals surface area (Å²) < 4.78 is 18.0. The van der Waals surface area contributed by atoms with Crippen LogP contribution in [0.3, 0.4) is 0 Å². The van der Waals surface area contributed by atoms with Crippen molar-refractivity contribution in [3.05, 3.63) is 178 Å². The first kappa shape index (κ1) is 86.3. The molecular weight excluding hydrogens is 1230 g/mol. The summed E-state index contributed by atoms with van der Waals surface area (Å²) in [6, 6.07) is 34.0. The lowest BCUT2D eigenvalue weighted by Crippen LogP contribution is -2.39. The lowest BCUT2D eigenvalue weighted by molar-refractivity contribution is -0.445. The molecule has 508 valence electrons. The van der Waals surface area contributed by atoms with E-state index in [1.54, 1.807) is 55.4 Å². The molecule has 0 aliphatic rings. The van der Waals surface area contributed by atoms with E-state index in [1.165, 1.54) is 70.3 Å². The Bertz CT molecular complexity index is 3180. The minimum Gasteiger partial charge on any atom is -0.508 e. The minimum absolute atomic E-state index is 0.00463. The molecule has 0 aliphatic heterocycles. The number of fused-ring (bicyclic) bond motifs is 1. The molecule has 0 saturated carbocycles. The number of aromatic hydroxyl groups is 2. The molecule has 0 unspecified atom stereocenters. The van der Waals surface area contributed by atoms with Gasteiger partial charge in [0.2, 0.25) is 17.7 Å². The molecule has 5 aromatic carbocycles. The van der Waals surface area contributed by atoms with E-state index in [9.17, 15) is 44.3 Å². The Morgan fingerprint density at radius 3 is 1.34 bits per heavy atom. The molecule has 92 heavy (non-hydrogen) atoms. The summed E-state index contributed by atoms with van der Waals surface area (Å²) in [4.78, 5) is 96.8. The number of phenols is 2. The SMILES string of the molecule is CC(=O)N(C)Cc1c(O)cccc1[N+](=O)[O-].CC(=O)N(C)Cc1ccccc1O.CC(=O)On1nnc2ccccc21.CNC(C)=O.CNCc1ccccc1OC(C)=O.CNCc1ccccc1O[P+](N(C)C)(N(C)C)N(C)C.C[N+](=O)[O-].C[N+](=O)[O-].C[N+](=O)[O-]. The van der Waals surface area contributed by atoms with Crippen molar-refractivity contribution in [3.8, 4) is 23.0 Å². The number of nitrogens with zero attached hydrogens (tertiary/aromatic N) is 12. The van der Waals surface area contributed by atoms with Gasteiger partial charge in [-0.2, -0.15) is 0 Å². The van der Waals surface area contributed by atoms with Gasteiger partial charge >= 0.3 is 19.9 Å². The Kier molecular flexibility index (Phi) is 44.2. The second-order valence-electron chi connectivity index (χ2n) is 19.1. The highest BCUT2D eigenvalue weighted by molar-refractivity contribution is 7.64. The second kappa shape index (κ2) is 47.1. The van der Waals surface area contributed by atoms with Crippen LogP contribution in [0.4, 0.5) is 5.69 Å². The summed E-state index contributed by atoms with van der Waals surface area (Å²) in [6.07, 6.45) is 0. The predicted molar refractivity (Wildman–Crippen MR) is 349 cm³/mol. The molecule has 0 fully saturated rings. The number of nitro benzene ring substituents is 1. The smallest absolute Gasteiger partial charge is 0.416 e. The van der Waals surface area contributed by atoms with Crippen LogP contribution in [0, 0.1) is 40.5 Å². The molecular formula is C58H89N15O18P+. The average Bonchev–Trinajstić information content (AvgIpc) is 0.987. The first-order valence-electron chi connectivity index (χ1n) is 27.2. The summed E-state index contributed by atoms with van der Waals surface area (Å²) in [7, 11) is 21.7. The molecule has 3 amide bonds. The van der Waals surface area contributed by atoms with E-state index >= 15 is 0 Å². The number of amides is 3. The Morgan fingerprint density at radius 2 is 0.935 bits per heavy atom. The lowest BCUT2D eigenvalue weighted by atomic mass is 10.1. The average molecular weight is 1320 g/mol. The van der Waals surface area contributed by atoms with E-state index in [0.717, 1.165) is 49.4 Å². The van der Waals surface area contributed by atoms with Gasteiger partial charge in [-0.1, -0.05) is 77.6 Å². The topological polar surface area (TPSA) is 409 Å². The van der Waals surface area contributed by atoms with Crippen LogP contribution >= 0.6 is 7.94 Å². The number of hydrogen-bond donors (Lipinski definition) is 5. The molecule has 34 heteroatoms. The van der Waals surface area contributed by atoms with Crippen LogP contribution in [-0.2, 0) is 50.2 Å². The van der Waals surface area contributed by atoms with Gasteiger partial charge in [0.05, 0.1) is 17.0 Å². The van der Waals surface area contributed by atoms with Crippen molar-refractivity contribution in [3.63, 3.8) is 0 Å². The third kappa shape index (κ3) is 37.2. The molecule has 6 rings (SSSR count).